The summed E-state index contributed by atoms with van der Waals surface area (Å²) >= 11 is 0. The molecule has 4 aromatic rings. The lowest BCUT2D eigenvalue weighted by molar-refractivity contribution is -0.136. The van der Waals surface area contributed by atoms with Gasteiger partial charge in [-0.1, -0.05) is 24.3 Å². The number of carboxylic acids is 2. The molecule has 3 aromatic carbocycles. The monoisotopic (exact) mass is 431 g/mol. The Morgan fingerprint density at radius 3 is 2.56 bits per heavy atom. The molecular formula is C25H21NO6. The zero-order valence-electron chi connectivity index (χ0n) is 17.1. The Labute approximate surface area is 183 Å². The Morgan fingerprint density at radius 1 is 0.969 bits per heavy atom. The predicted molar refractivity (Wildman–Crippen MR) is 119 cm³/mol. The average molecular weight is 431 g/mol. The second-order valence-electron chi connectivity index (χ2n) is 7.37. The van der Waals surface area contributed by atoms with Gasteiger partial charge in [-0.25, -0.2) is 4.79 Å². The van der Waals surface area contributed by atoms with Crippen molar-refractivity contribution in [3.8, 4) is 16.9 Å². The van der Waals surface area contributed by atoms with Crippen molar-refractivity contribution in [2.45, 2.75) is 19.6 Å². The van der Waals surface area contributed by atoms with E-state index in [4.69, 9.17) is 20.0 Å². The molecule has 0 saturated heterocycles. The number of carbonyl (C=O) groups is 2. The van der Waals surface area contributed by atoms with E-state index >= 15 is 0 Å². The van der Waals surface area contributed by atoms with E-state index in [9.17, 15) is 14.7 Å². The molecule has 0 aliphatic carbocycles. The van der Waals surface area contributed by atoms with Gasteiger partial charge in [0, 0.05) is 23.1 Å². The van der Waals surface area contributed by atoms with E-state index in [1.54, 1.807) is 6.26 Å². The molecule has 32 heavy (non-hydrogen) atoms. The molecule has 4 rings (SSSR count). The molecule has 7 nitrogen and oxygen atoms in total. The number of nitrogens with two attached hydrogens (primary N) is 1. The molecule has 162 valence electrons. The summed E-state index contributed by atoms with van der Waals surface area (Å²) in [5.74, 6) is -1.91. The SMILES string of the molecule is NCc1cccc(-c2cc(COc3cc(C(=O)O)ccc3CC(=O)O)cc3ccoc23)c1. The fourth-order valence-corrected chi connectivity index (χ4v) is 3.60. The number of aromatic carboxylic acids is 1. The number of carboxylic acid groups (broad SMARTS) is 2. The Hall–Kier alpha value is -4.10. The summed E-state index contributed by atoms with van der Waals surface area (Å²) in [6.45, 7) is 0.546. The molecule has 0 bridgehead atoms. The summed E-state index contributed by atoms with van der Waals surface area (Å²) in [5, 5.41) is 19.3. The molecule has 1 heterocycles. The van der Waals surface area contributed by atoms with Gasteiger partial charge in [0.2, 0.25) is 0 Å². The largest absolute Gasteiger partial charge is 0.489 e. The maximum Gasteiger partial charge on any atom is 0.335 e. The number of ether oxygens (including phenoxy) is 1. The molecule has 0 amide bonds. The molecule has 0 atom stereocenters. The van der Waals surface area contributed by atoms with Gasteiger partial charge in [0.1, 0.15) is 17.9 Å². The van der Waals surface area contributed by atoms with Crippen LogP contribution in [0.15, 0.2) is 71.3 Å². The van der Waals surface area contributed by atoms with Gasteiger partial charge in [-0.15, -0.1) is 0 Å². The zero-order valence-corrected chi connectivity index (χ0v) is 17.1. The van der Waals surface area contributed by atoms with Crippen LogP contribution >= 0.6 is 0 Å². The Bertz CT molecular complexity index is 1310. The molecule has 0 saturated carbocycles. The predicted octanol–water partition coefficient (Wildman–Crippen LogP) is 4.46. The second-order valence-corrected chi connectivity index (χ2v) is 7.37. The number of rotatable bonds is 8. The van der Waals surface area contributed by atoms with Crippen molar-refractivity contribution < 1.29 is 29.0 Å². The van der Waals surface area contributed by atoms with E-state index in [2.05, 4.69) is 0 Å². The molecule has 1 aromatic heterocycles. The van der Waals surface area contributed by atoms with E-state index in [1.807, 2.05) is 42.5 Å². The first-order chi connectivity index (χ1) is 15.4. The van der Waals surface area contributed by atoms with E-state index in [0.717, 1.165) is 33.2 Å². The molecule has 0 unspecified atom stereocenters. The fourth-order valence-electron chi connectivity index (χ4n) is 3.60. The van der Waals surface area contributed by atoms with Gasteiger partial charge >= 0.3 is 11.9 Å². The lowest BCUT2D eigenvalue weighted by atomic mass is 9.99. The van der Waals surface area contributed by atoms with Crippen LogP contribution in [0.25, 0.3) is 22.1 Å². The summed E-state index contributed by atoms with van der Waals surface area (Å²) in [5.41, 5.74) is 10.6. The van der Waals surface area contributed by atoms with Gasteiger partial charge in [0.25, 0.3) is 0 Å². The highest BCUT2D eigenvalue weighted by Gasteiger charge is 2.14. The summed E-state index contributed by atoms with van der Waals surface area (Å²) in [6, 6.07) is 17.8. The highest BCUT2D eigenvalue weighted by Crippen LogP contribution is 2.32. The zero-order chi connectivity index (χ0) is 22.7. The van der Waals surface area contributed by atoms with Crippen LogP contribution in [0.5, 0.6) is 5.75 Å². The lowest BCUT2D eigenvalue weighted by Crippen LogP contribution is -2.06. The van der Waals surface area contributed by atoms with Crippen molar-refractivity contribution in [2.24, 2.45) is 5.73 Å². The molecule has 4 N–H and O–H groups in total. The van der Waals surface area contributed by atoms with Gasteiger partial charge in [0.05, 0.1) is 18.2 Å². The van der Waals surface area contributed by atoms with Crippen molar-refractivity contribution in [3.63, 3.8) is 0 Å². The first-order valence-electron chi connectivity index (χ1n) is 9.95. The number of hydrogen-bond acceptors (Lipinski definition) is 5. The van der Waals surface area contributed by atoms with Crippen molar-refractivity contribution in [1.29, 1.82) is 0 Å². The second kappa shape index (κ2) is 8.95. The maximum absolute atomic E-state index is 11.3. The van der Waals surface area contributed by atoms with E-state index in [1.165, 1.54) is 18.2 Å². The fraction of sp³-hybridized carbons (Fsp3) is 0.120. The maximum atomic E-state index is 11.3. The average Bonchev–Trinajstić information content (AvgIpc) is 3.26. The Balaban J connectivity index is 1.69. The lowest BCUT2D eigenvalue weighted by Gasteiger charge is -2.13. The summed E-state index contributed by atoms with van der Waals surface area (Å²) in [4.78, 5) is 22.5. The molecule has 0 aliphatic rings. The molecule has 0 spiro atoms. The third-order valence-electron chi connectivity index (χ3n) is 5.13. The van der Waals surface area contributed by atoms with E-state index in [0.29, 0.717) is 12.1 Å². The topological polar surface area (TPSA) is 123 Å². The minimum atomic E-state index is -1.11. The molecule has 0 radical (unpaired) electrons. The number of fused-ring (bicyclic) bond motifs is 1. The Morgan fingerprint density at radius 2 is 1.81 bits per heavy atom. The minimum absolute atomic E-state index is 0.0266. The van der Waals surface area contributed by atoms with E-state index in [-0.39, 0.29) is 24.3 Å². The highest BCUT2D eigenvalue weighted by molar-refractivity contribution is 5.93. The quantitative estimate of drug-likeness (QED) is 0.376. The van der Waals surface area contributed by atoms with Gasteiger partial charge in [-0.2, -0.15) is 0 Å². The molecule has 0 aliphatic heterocycles. The summed E-state index contributed by atoms with van der Waals surface area (Å²) in [7, 11) is 0. The van der Waals surface area contributed by atoms with Gasteiger partial charge in [0.15, 0.2) is 0 Å². The normalized spacial score (nSPS) is 10.9. The van der Waals surface area contributed by atoms with Gasteiger partial charge in [-0.3, -0.25) is 4.79 Å². The van der Waals surface area contributed by atoms with Crippen LogP contribution in [-0.4, -0.2) is 22.2 Å². The minimum Gasteiger partial charge on any atom is -0.489 e. The first kappa shape index (κ1) is 21.1. The highest BCUT2D eigenvalue weighted by atomic mass is 16.5. The number of aliphatic carboxylic acids is 1. The van der Waals surface area contributed by atoms with Crippen LogP contribution < -0.4 is 10.5 Å². The molecule has 0 fully saturated rings. The van der Waals surface area contributed by atoms with Crippen LogP contribution in [0.1, 0.15) is 27.0 Å². The van der Waals surface area contributed by atoms with Crippen LogP contribution in [0.3, 0.4) is 0 Å². The van der Waals surface area contributed by atoms with Crippen LogP contribution in [-0.2, 0) is 24.4 Å². The summed E-state index contributed by atoms with van der Waals surface area (Å²) < 4.78 is 11.6. The number of benzene rings is 3. The van der Waals surface area contributed by atoms with Crippen LogP contribution in [0.2, 0.25) is 0 Å². The summed E-state index contributed by atoms with van der Waals surface area (Å²) in [6.07, 6.45) is 1.35. The van der Waals surface area contributed by atoms with Crippen LogP contribution in [0.4, 0.5) is 0 Å². The third-order valence-corrected chi connectivity index (χ3v) is 5.13. The molecule has 7 heteroatoms. The smallest absolute Gasteiger partial charge is 0.335 e. The standard InChI is InChI=1S/C25H21NO6/c26-13-15-2-1-3-17(8-15)21-10-16(9-19-6-7-31-24(19)21)14-32-22-11-20(25(29)30)5-4-18(22)12-23(27)28/h1-11H,12-14,26H2,(H,27,28)(H,29,30). The van der Waals surface area contributed by atoms with Gasteiger partial charge in [-0.05, 0) is 53.1 Å². The van der Waals surface area contributed by atoms with Crippen LogP contribution in [0, 0.1) is 0 Å². The van der Waals surface area contributed by atoms with Crippen molar-refractivity contribution in [1.82, 2.24) is 0 Å². The van der Waals surface area contributed by atoms with E-state index < -0.39 is 11.9 Å². The van der Waals surface area contributed by atoms with Gasteiger partial charge < -0.3 is 25.1 Å². The molecular weight excluding hydrogens is 410 g/mol. The number of furan rings is 1. The van der Waals surface area contributed by atoms with Crippen molar-refractivity contribution in [3.05, 3.63) is 89.2 Å². The Kier molecular flexibility index (Phi) is 5.91. The van der Waals surface area contributed by atoms with Crippen molar-refractivity contribution >= 4 is 22.9 Å². The van der Waals surface area contributed by atoms with Crippen molar-refractivity contribution in [2.75, 3.05) is 0 Å². The first-order valence-corrected chi connectivity index (χ1v) is 9.95. The number of hydrogen-bond donors (Lipinski definition) is 3. The third kappa shape index (κ3) is 4.48.